The van der Waals surface area contributed by atoms with Crippen LogP contribution in [0.3, 0.4) is 0 Å². The quantitative estimate of drug-likeness (QED) is 0.173. The molecular formula is C52H33NO2. The summed E-state index contributed by atoms with van der Waals surface area (Å²) in [5.74, 6) is 0. The molecule has 55 heavy (non-hydrogen) atoms. The Morgan fingerprint density at radius 1 is 0.309 bits per heavy atom. The molecule has 3 heteroatoms. The molecule has 0 unspecified atom stereocenters. The first-order valence-electron chi connectivity index (χ1n) is 18.7. The van der Waals surface area contributed by atoms with Crippen LogP contribution in [0.15, 0.2) is 209 Å². The molecule has 0 saturated carbocycles. The molecule has 2 aromatic heterocycles. The molecule has 9 aromatic carbocycles. The lowest BCUT2D eigenvalue weighted by atomic mass is 9.96. The summed E-state index contributed by atoms with van der Waals surface area (Å²) in [6, 6.07) is 71.1. The van der Waals surface area contributed by atoms with Crippen molar-refractivity contribution in [2.45, 2.75) is 0 Å². The van der Waals surface area contributed by atoms with Crippen molar-refractivity contribution < 1.29 is 8.83 Å². The van der Waals surface area contributed by atoms with E-state index in [4.69, 9.17) is 8.83 Å². The molecule has 0 bridgehead atoms. The van der Waals surface area contributed by atoms with Crippen LogP contribution in [0.2, 0.25) is 0 Å². The van der Waals surface area contributed by atoms with E-state index in [9.17, 15) is 0 Å². The fourth-order valence-corrected chi connectivity index (χ4v) is 8.19. The molecule has 0 aliphatic heterocycles. The fourth-order valence-electron chi connectivity index (χ4n) is 8.19. The van der Waals surface area contributed by atoms with Gasteiger partial charge >= 0.3 is 0 Å². The molecule has 0 aliphatic carbocycles. The van der Waals surface area contributed by atoms with Crippen molar-refractivity contribution in [1.29, 1.82) is 0 Å². The molecule has 11 rings (SSSR count). The van der Waals surface area contributed by atoms with Crippen LogP contribution in [0, 0.1) is 0 Å². The van der Waals surface area contributed by atoms with E-state index < -0.39 is 0 Å². The van der Waals surface area contributed by atoms with E-state index >= 15 is 0 Å². The van der Waals surface area contributed by atoms with Gasteiger partial charge in [0.05, 0.1) is 11.1 Å². The zero-order valence-electron chi connectivity index (χ0n) is 29.8. The third-order valence-corrected chi connectivity index (χ3v) is 10.8. The molecule has 0 N–H and O–H groups in total. The molecule has 0 aliphatic rings. The average molecular weight is 704 g/mol. The first-order valence-corrected chi connectivity index (χ1v) is 18.7. The van der Waals surface area contributed by atoms with Gasteiger partial charge in [0.1, 0.15) is 22.3 Å². The van der Waals surface area contributed by atoms with Crippen LogP contribution in [0.1, 0.15) is 0 Å². The Balaban J connectivity index is 1.13. The van der Waals surface area contributed by atoms with Crippen molar-refractivity contribution in [2.24, 2.45) is 0 Å². The van der Waals surface area contributed by atoms with Gasteiger partial charge in [-0.2, -0.15) is 0 Å². The third kappa shape index (κ3) is 5.28. The maximum atomic E-state index is 6.71. The van der Waals surface area contributed by atoms with Gasteiger partial charge in [-0.3, -0.25) is 0 Å². The molecule has 2 heterocycles. The van der Waals surface area contributed by atoms with Gasteiger partial charge in [-0.1, -0.05) is 133 Å². The number of para-hydroxylation sites is 1. The highest BCUT2D eigenvalue weighted by molar-refractivity contribution is 6.19. The maximum Gasteiger partial charge on any atom is 0.143 e. The molecule has 258 valence electrons. The third-order valence-electron chi connectivity index (χ3n) is 10.8. The zero-order chi connectivity index (χ0) is 36.3. The monoisotopic (exact) mass is 703 g/mol. The van der Waals surface area contributed by atoms with E-state index in [-0.39, 0.29) is 0 Å². The lowest BCUT2D eigenvalue weighted by molar-refractivity contribution is 0.669. The van der Waals surface area contributed by atoms with Gasteiger partial charge in [0.2, 0.25) is 0 Å². The van der Waals surface area contributed by atoms with E-state index in [1.165, 1.54) is 0 Å². The number of rotatable bonds is 6. The van der Waals surface area contributed by atoms with Crippen molar-refractivity contribution in [1.82, 2.24) is 0 Å². The lowest BCUT2D eigenvalue weighted by Gasteiger charge is -2.28. The summed E-state index contributed by atoms with van der Waals surface area (Å²) in [5.41, 5.74) is 13.5. The minimum absolute atomic E-state index is 0.854. The van der Waals surface area contributed by atoms with Gasteiger partial charge in [-0.15, -0.1) is 0 Å². The fraction of sp³-hybridized carbons (Fsp3) is 0. The van der Waals surface area contributed by atoms with Crippen LogP contribution in [0.4, 0.5) is 17.1 Å². The Morgan fingerprint density at radius 2 is 0.909 bits per heavy atom. The van der Waals surface area contributed by atoms with Crippen molar-refractivity contribution >= 4 is 71.7 Å². The molecule has 0 amide bonds. The second-order valence-electron chi connectivity index (χ2n) is 14.1. The highest BCUT2D eigenvalue weighted by atomic mass is 16.3. The molecule has 3 nitrogen and oxygen atoms in total. The van der Waals surface area contributed by atoms with Crippen LogP contribution in [0.5, 0.6) is 0 Å². The Morgan fingerprint density at radius 3 is 1.67 bits per heavy atom. The maximum absolute atomic E-state index is 6.71. The number of benzene rings is 9. The Labute approximate surface area is 317 Å². The smallest absolute Gasteiger partial charge is 0.143 e. The first-order chi connectivity index (χ1) is 27.2. The normalized spacial score (nSPS) is 11.6. The summed E-state index contributed by atoms with van der Waals surface area (Å²) in [7, 11) is 0. The summed E-state index contributed by atoms with van der Waals surface area (Å²) >= 11 is 0. The Kier molecular flexibility index (Phi) is 7.17. The summed E-state index contributed by atoms with van der Waals surface area (Å²) in [4.78, 5) is 2.39. The van der Waals surface area contributed by atoms with Crippen LogP contribution in [-0.2, 0) is 0 Å². The van der Waals surface area contributed by atoms with Gasteiger partial charge in [0, 0.05) is 32.9 Å². The highest BCUT2D eigenvalue weighted by Crippen LogP contribution is 2.46. The van der Waals surface area contributed by atoms with Crippen LogP contribution >= 0.6 is 0 Å². The van der Waals surface area contributed by atoms with Gasteiger partial charge in [0.25, 0.3) is 0 Å². The summed E-state index contributed by atoms with van der Waals surface area (Å²) in [5, 5.41) is 6.70. The molecule has 0 radical (unpaired) electrons. The summed E-state index contributed by atoms with van der Waals surface area (Å²) in [6.07, 6.45) is 0. The second kappa shape index (κ2) is 12.6. The summed E-state index contributed by atoms with van der Waals surface area (Å²) < 4.78 is 13.0. The Hall–Kier alpha value is -7.36. The molecular weight excluding hydrogens is 671 g/mol. The largest absolute Gasteiger partial charge is 0.456 e. The van der Waals surface area contributed by atoms with Crippen LogP contribution < -0.4 is 4.90 Å². The number of anilines is 3. The molecule has 0 spiro atoms. The molecule has 0 atom stereocenters. The Bertz CT molecular complexity index is 3140. The predicted octanol–water partition coefficient (Wildman–Crippen LogP) is 15.1. The van der Waals surface area contributed by atoms with Gasteiger partial charge in [0.15, 0.2) is 0 Å². The molecule has 0 fully saturated rings. The van der Waals surface area contributed by atoms with E-state index in [0.717, 1.165) is 105 Å². The van der Waals surface area contributed by atoms with Gasteiger partial charge in [-0.25, -0.2) is 0 Å². The van der Waals surface area contributed by atoms with E-state index in [1.807, 2.05) is 12.1 Å². The standard InChI is InChI=1S/C52H33NO2/c1-3-12-34(13-4-1)39-30-40(35-14-5-2-6-15-35)32-42(31-39)53(47-19-11-21-49-51(47)46-29-24-37-16-7-8-17-43(37)52(46)55-49)41-26-22-36(23-27-41)38-25-28-45-44-18-9-10-20-48(44)54-50(45)33-38/h1-33H. The number of nitrogens with zero attached hydrogens (tertiary/aromatic N) is 1. The summed E-state index contributed by atoms with van der Waals surface area (Å²) in [6.45, 7) is 0. The van der Waals surface area contributed by atoms with E-state index in [0.29, 0.717) is 0 Å². The highest BCUT2D eigenvalue weighted by Gasteiger charge is 2.22. The topological polar surface area (TPSA) is 29.5 Å². The number of fused-ring (bicyclic) bond motifs is 8. The van der Waals surface area contributed by atoms with Crippen LogP contribution in [-0.4, -0.2) is 0 Å². The predicted molar refractivity (Wildman–Crippen MR) is 229 cm³/mol. The minimum atomic E-state index is 0.854. The van der Waals surface area contributed by atoms with Gasteiger partial charge in [-0.05, 0) is 105 Å². The van der Waals surface area contributed by atoms with Crippen molar-refractivity contribution in [3.63, 3.8) is 0 Å². The van der Waals surface area contributed by atoms with Crippen LogP contribution in [0.25, 0.3) is 88.0 Å². The minimum Gasteiger partial charge on any atom is -0.456 e. The van der Waals surface area contributed by atoms with Gasteiger partial charge < -0.3 is 13.7 Å². The number of hydrogen-bond acceptors (Lipinski definition) is 3. The second-order valence-corrected chi connectivity index (χ2v) is 14.1. The number of furan rings is 2. The first kappa shape index (κ1) is 31.2. The lowest BCUT2D eigenvalue weighted by Crippen LogP contribution is -2.10. The van der Waals surface area contributed by atoms with Crippen molar-refractivity contribution in [3.05, 3.63) is 200 Å². The van der Waals surface area contributed by atoms with Crippen molar-refractivity contribution in [3.8, 4) is 33.4 Å². The van der Waals surface area contributed by atoms with E-state index in [2.05, 4.69) is 193 Å². The van der Waals surface area contributed by atoms with E-state index in [1.54, 1.807) is 0 Å². The zero-order valence-corrected chi connectivity index (χ0v) is 29.8. The SMILES string of the molecule is c1ccc(-c2cc(-c3ccccc3)cc(N(c3ccc(-c4ccc5c(c4)oc4ccccc45)cc3)c3cccc4oc5c6ccccc6ccc5c34)c2)cc1. The average Bonchev–Trinajstić information content (AvgIpc) is 3.83. The molecule has 0 saturated heterocycles. The number of hydrogen-bond donors (Lipinski definition) is 0. The molecule has 11 aromatic rings. The van der Waals surface area contributed by atoms with Crippen molar-refractivity contribution in [2.75, 3.05) is 4.90 Å².